The van der Waals surface area contributed by atoms with Crippen LogP contribution in [0.15, 0.2) is 0 Å². The van der Waals surface area contributed by atoms with Gasteiger partial charge in [-0.15, -0.1) is 0 Å². The highest BCUT2D eigenvalue weighted by Crippen LogP contribution is 2.43. The van der Waals surface area contributed by atoms with Crippen molar-refractivity contribution in [2.24, 2.45) is 21.7 Å². The van der Waals surface area contributed by atoms with Crippen molar-refractivity contribution in [1.29, 1.82) is 0 Å². The third-order valence-corrected chi connectivity index (χ3v) is 14.3. The summed E-state index contributed by atoms with van der Waals surface area (Å²) in [5.74, 6) is -2.45. The lowest BCUT2D eigenvalue weighted by molar-refractivity contribution is -0.305. The fourth-order valence-corrected chi connectivity index (χ4v) is 10.9. The van der Waals surface area contributed by atoms with Gasteiger partial charge in [0.15, 0.2) is 20.5 Å². The summed E-state index contributed by atoms with van der Waals surface area (Å²) >= 11 is 0. The molecule has 0 aliphatic carbocycles. The molecule has 0 aromatic heterocycles. The van der Waals surface area contributed by atoms with Crippen LogP contribution in [0.2, 0.25) is 16.6 Å². The van der Waals surface area contributed by atoms with E-state index < -0.39 is 84.6 Å². The predicted molar refractivity (Wildman–Crippen MR) is 179 cm³/mol. The topological polar surface area (TPSA) is 124 Å². The van der Waals surface area contributed by atoms with Crippen molar-refractivity contribution in [1.82, 2.24) is 0 Å². The summed E-state index contributed by atoms with van der Waals surface area (Å²) < 4.78 is 37.4. The van der Waals surface area contributed by atoms with E-state index in [2.05, 4.69) is 41.5 Å². The molecule has 0 radical (unpaired) electrons. The summed E-state index contributed by atoms with van der Waals surface area (Å²) in [6, 6.07) is 0. The minimum atomic E-state index is -2.48. The van der Waals surface area contributed by atoms with Crippen LogP contribution in [0.3, 0.4) is 0 Å². The molecule has 1 rings (SSSR count). The maximum atomic E-state index is 13.5. The van der Waals surface area contributed by atoms with E-state index in [9.17, 15) is 19.2 Å². The monoisotopic (exact) mass is 672 g/mol. The number of esters is 4. The van der Waals surface area contributed by atoms with Crippen molar-refractivity contribution in [2.45, 2.75) is 172 Å². The maximum absolute atomic E-state index is 13.5. The number of carbonyl (C=O) groups excluding carboxylic acids is 4. The van der Waals surface area contributed by atoms with Crippen LogP contribution in [0.5, 0.6) is 0 Å². The van der Waals surface area contributed by atoms with Gasteiger partial charge in [0, 0.05) is 0 Å². The summed E-state index contributed by atoms with van der Waals surface area (Å²) in [6.07, 6.45) is -6.59. The van der Waals surface area contributed by atoms with Crippen LogP contribution in [0, 0.1) is 21.7 Å². The fourth-order valence-electron chi connectivity index (χ4n) is 5.42. The molecule has 46 heavy (non-hydrogen) atoms. The molecule has 1 saturated heterocycles. The highest BCUT2D eigenvalue weighted by atomic mass is 28.4. The number of hydrogen-bond acceptors (Lipinski definition) is 10. The molecule has 0 aromatic rings. The van der Waals surface area contributed by atoms with Gasteiger partial charge in [-0.25, -0.2) is 0 Å². The maximum Gasteiger partial charge on any atom is 0.313 e. The second-order valence-electron chi connectivity index (χ2n) is 17.7. The van der Waals surface area contributed by atoms with Crippen molar-refractivity contribution < 1.29 is 47.3 Å². The quantitative estimate of drug-likeness (QED) is 0.132. The SMILES string of the molecule is CC(C)[Si](OC[C@H]1O[C@@H](OC(=O)C(C)(C)C)[C@H](OC(=O)C(C)(C)C)[C@@H](OC(=O)C(C)(C)C)[C@H]1OC(=O)C(C)(C)C)(C(C)C)C(C)C. The Morgan fingerprint density at radius 1 is 0.522 bits per heavy atom. The molecular weight excluding hydrogens is 608 g/mol. The van der Waals surface area contributed by atoms with Crippen molar-refractivity contribution in [3.05, 3.63) is 0 Å². The lowest BCUT2D eigenvalue weighted by Gasteiger charge is -2.48. The van der Waals surface area contributed by atoms with Gasteiger partial charge in [0.1, 0.15) is 6.10 Å². The van der Waals surface area contributed by atoms with Gasteiger partial charge in [-0.1, -0.05) is 41.5 Å². The lowest BCUT2D eigenvalue weighted by atomic mass is 9.93. The van der Waals surface area contributed by atoms with E-state index in [1.807, 2.05) is 0 Å². The highest BCUT2D eigenvalue weighted by Gasteiger charge is 2.57. The fraction of sp³-hybridized carbons (Fsp3) is 0.886. The Kier molecular flexibility index (Phi) is 13.8. The summed E-state index contributed by atoms with van der Waals surface area (Å²) in [6.45, 7) is 33.1. The summed E-state index contributed by atoms with van der Waals surface area (Å²) in [5, 5.41) is 0. The largest absolute Gasteiger partial charge is 0.455 e. The first-order valence-electron chi connectivity index (χ1n) is 16.6. The minimum absolute atomic E-state index is 0.0318. The van der Waals surface area contributed by atoms with Crippen LogP contribution < -0.4 is 0 Å². The van der Waals surface area contributed by atoms with E-state index in [4.69, 9.17) is 28.1 Å². The van der Waals surface area contributed by atoms with E-state index in [-0.39, 0.29) is 23.2 Å². The number of rotatable bonds is 10. The molecular formula is C35H64O10Si. The van der Waals surface area contributed by atoms with Gasteiger partial charge in [-0.3, -0.25) is 19.2 Å². The third kappa shape index (κ3) is 10.5. The molecule has 0 saturated carbocycles. The molecule has 10 nitrogen and oxygen atoms in total. The first kappa shape index (κ1) is 42.0. The molecule has 0 bridgehead atoms. The Hall–Kier alpha value is -1.98. The van der Waals surface area contributed by atoms with E-state index in [1.165, 1.54) is 0 Å². The molecule has 5 atom stereocenters. The van der Waals surface area contributed by atoms with Crippen LogP contribution in [0.25, 0.3) is 0 Å². The molecule has 1 fully saturated rings. The molecule has 0 spiro atoms. The van der Waals surface area contributed by atoms with Gasteiger partial charge in [0.2, 0.25) is 12.4 Å². The summed E-state index contributed by atoms with van der Waals surface area (Å²) in [7, 11) is -2.48. The molecule has 1 aliphatic heterocycles. The first-order valence-corrected chi connectivity index (χ1v) is 18.8. The van der Waals surface area contributed by atoms with Crippen molar-refractivity contribution >= 4 is 32.2 Å². The zero-order chi connectivity index (χ0) is 36.4. The van der Waals surface area contributed by atoms with Crippen LogP contribution in [0.4, 0.5) is 0 Å². The molecule has 268 valence electrons. The Bertz CT molecular complexity index is 1050. The van der Waals surface area contributed by atoms with E-state index >= 15 is 0 Å². The molecule has 0 unspecified atom stereocenters. The smallest absolute Gasteiger partial charge is 0.313 e. The van der Waals surface area contributed by atoms with Crippen molar-refractivity contribution in [2.75, 3.05) is 6.61 Å². The van der Waals surface area contributed by atoms with Gasteiger partial charge in [-0.2, -0.15) is 0 Å². The second kappa shape index (κ2) is 15.1. The van der Waals surface area contributed by atoms with Gasteiger partial charge >= 0.3 is 23.9 Å². The Morgan fingerprint density at radius 2 is 0.826 bits per heavy atom. The Morgan fingerprint density at radius 3 is 1.15 bits per heavy atom. The van der Waals surface area contributed by atoms with E-state index in [0.29, 0.717) is 0 Å². The third-order valence-electron chi connectivity index (χ3n) is 8.20. The van der Waals surface area contributed by atoms with Crippen LogP contribution in [-0.2, 0) is 47.3 Å². The second-order valence-corrected chi connectivity index (χ2v) is 23.1. The van der Waals surface area contributed by atoms with Crippen LogP contribution >= 0.6 is 0 Å². The molecule has 1 heterocycles. The molecule has 0 aromatic carbocycles. The van der Waals surface area contributed by atoms with Gasteiger partial charge in [0.05, 0.1) is 28.3 Å². The molecule has 0 amide bonds. The Labute approximate surface area is 279 Å². The highest BCUT2D eigenvalue weighted by molar-refractivity contribution is 6.77. The molecule has 11 heteroatoms. The van der Waals surface area contributed by atoms with Gasteiger partial charge in [0.25, 0.3) is 0 Å². The van der Waals surface area contributed by atoms with E-state index in [0.717, 1.165) is 0 Å². The van der Waals surface area contributed by atoms with Gasteiger partial charge < -0.3 is 28.1 Å². The number of carbonyl (C=O) groups is 4. The normalized spacial score (nSPS) is 23.4. The van der Waals surface area contributed by atoms with Crippen molar-refractivity contribution in [3.63, 3.8) is 0 Å². The van der Waals surface area contributed by atoms with Gasteiger partial charge in [-0.05, 0) is 99.7 Å². The minimum Gasteiger partial charge on any atom is -0.455 e. The standard InChI is InChI=1S/C35H64O10Si/c1-20(2)46(21(3)4,22(5)6)40-19-23-24(42-28(36)32(7,8)9)25(43-29(37)33(10,11)12)26(44-30(38)34(13,14)15)27(41-23)45-31(39)35(16,17)18/h20-27H,19H2,1-18H3/t23-,24+,25+,26-,27+/m1/s1. The lowest BCUT2D eigenvalue weighted by Crippen LogP contribution is -2.65. The molecule has 0 N–H and O–H groups in total. The van der Waals surface area contributed by atoms with Crippen LogP contribution in [-0.4, -0.2) is 69.5 Å². The summed E-state index contributed by atoms with van der Waals surface area (Å²) in [4.78, 5) is 53.6. The summed E-state index contributed by atoms with van der Waals surface area (Å²) in [5.41, 5.74) is -3.09. The number of ether oxygens (including phenoxy) is 5. The average Bonchev–Trinajstić information content (AvgIpc) is 2.84. The first-order chi connectivity index (χ1) is 20.5. The number of hydrogen-bond donors (Lipinski definition) is 0. The zero-order valence-electron chi connectivity index (χ0n) is 31.9. The predicted octanol–water partition coefficient (Wildman–Crippen LogP) is 7.37. The van der Waals surface area contributed by atoms with Crippen LogP contribution in [0.1, 0.15) is 125 Å². The van der Waals surface area contributed by atoms with E-state index in [1.54, 1.807) is 83.1 Å². The average molecular weight is 673 g/mol. The zero-order valence-corrected chi connectivity index (χ0v) is 32.9. The molecule has 1 aliphatic rings. The Balaban J connectivity index is 3.98. The van der Waals surface area contributed by atoms with Crippen molar-refractivity contribution in [3.8, 4) is 0 Å².